The number of carbonyl (C=O) groups is 1. The van der Waals surface area contributed by atoms with Crippen molar-refractivity contribution in [2.45, 2.75) is 17.7 Å². The summed E-state index contributed by atoms with van der Waals surface area (Å²) in [5, 5.41) is 7.33. The van der Waals surface area contributed by atoms with Gasteiger partial charge in [-0.05, 0) is 18.6 Å². The van der Waals surface area contributed by atoms with Gasteiger partial charge in [-0.3, -0.25) is 9.20 Å². The Kier molecular flexibility index (Phi) is 5.52. The molecule has 4 heterocycles. The molecule has 2 aromatic heterocycles. The molecular weight excluding hydrogens is 438 g/mol. The number of ether oxygens (including phenoxy) is 1. The third-order valence-electron chi connectivity index (χ3n) is 5.70. The second-order valence-corrected chi connectivity index (χ2v) is 10.7. The Hall–Kier alpha value is -2.31. The molecule has 31 heavy (non-hydrogen) atoms. The van der Waals surface area contributed by atoms with Crippen LogP contribution in [-0.4, -0.2) is 72.2 Å². The highest BCUT2D eigenvalue weighted by molar-refractivity contribution is 7.89. The van der Waals surface area contributed by atoms with E-state index in [0.29, 0.717) is 32.0 Å². The number of rotatable bonds is 5. The molecule has 0 bridgehead atoms. The van der Waals surface area contributed by atoms with E-state index in [0.717, 1.165) is 16.2 Å². The molecule has 2 unspecified atom stereocenters. The molecule has 3 aromatic rings. The molecule has 1 amide bonds. The number of carbonyl (C=O) groups excluding carboxylic acids is 1. The summed E-state index contributed by atoms with van der Waals surface area (Å²) in [5.41, 5.74) is 2.50. The summed E-state index contributed by atoms with van der Waals surface area (Å²) >= 11 is 1.58. The van der Waals surface area contributed by atoms with Crippen molar-refractivity contribution < 1.29 is 17.9 Å². The van der Waals surface area contributed by atoms with E-state index >= 15 is 0 Å². The number of thiazole rings is 1. The number of nitrogens with zero attached hydrogens (tertiary/aromatic N) is 3. The molecule has 2 aliphatic heterocycles. The Balaban J connectivity index is 1.21. The minimum atomic E-state index is -3.44. The summed E-state index contributed by atoms with van der Waals surface area (Å²) < 4.78 is 34.3. The number of amides is 1. The fourth-order valence-corrected chi connectivity index (χ4v) is 6.48. The van der Waals surface area contributed by atoms with Gasteiger partial charge in [0.25, 0.3) is 0 Å². The molecule has 0 radical (unpaired) electrons. The molecule has 2 saturated heterocycles. The minimum Gasteiger partial charge on any atom is -0.379 e. The molecule has 2 aliphatic rings. The molecule has 0 saturated carbocycles. The maximum Gasteiger partial charge on any atom is 0.241 e. The van der Waals surface area contributed by atoms with Gasteiger partial charge < -0.3 is 15.4 Å². The van der Waals surface area contributed by atoms with Crippen LogP contribution in [0.15, 0.2) is 42.0 Å². The number of nitrogens with one attached hydrogen (secondary N) is 2. The second-order valence-electron chi connectivity index (χ2n) is 7.66. The van der Waals surface area contributed by atoms with Gasteiger partial charge in [-0.15, -0.1) is 11.3 Å². The Morgan fingerprint density at radius 3 is 2.74 bits per heavy atom. The van der Waals surface area contributed by atoms with Crippen LogP contribution in [0.1, 0.15) is 6.42 Å². The zero-order valence-electron chi connectivity index (χ0n) is 16.7. The van der Waals surface area contributed by atoms with Crippen molar-refractivity contribution in [1.82, 2.24) is 19.0 Å². The Bertz CT molecular complexity index is 1150. The molecular formula is C20H23N5O4S2. The summed E-state index contributed by atoms with van der Waals surface area (Å²) in [5.74, 6) is -0.227. The average Bonchev–Trinajstić information content (AvgIpc) is 3.51. The first kappa shape index (κ1) is 20.6. The first-order valence-corrected chi connectivity index (χ1v) is 12.5. The average molecular weight is 462 g/mol. The molecule has 11 heteroatoms. The van der Waals surface area contributed by atoms with E-state index in [2.05, 4.69) is 15.6 Å². The molecule has 9 nitrogen and oxygen atoms in total. The van der Waals surface area contributed by atoms with E-state index in [1.807, 2.05) is 46.4 Å². The lowest BCUT2D eigenvalue weighted by atomic mass is 10.1. The van der Waals surface area contributed by atoms with Gasteiger partial charge in [-0.1, -0.05) is 12.1 Å². The lowest BCUT2D eigenvalue weighted by Gasteiger charge is -2.28. The van der Waals surface area contributed by atoms with Gasteiger partial charge in [0.1, 0.15) is 0 Å². The summed E-state index contributed by atoms with van der Waals surface area (Å²) in [4.78, 5) is 18.2. The topological polar surface area (TPSA) is 105 Å². The van der Waals surface area contributed by atoms with E-state index in [4.69, 9.17) is 4.74 Å². The second kappa shape index (κ2) is 8.32. The molecule has 2 atom stereocenters. The molecule has 2 fully saturated rings. The van der Waals surface area contributed by atoms with Gasteiger partial charge in [-0.2, -0.15) is 4.31 Å². The summed E-state index contributed by atoms with van der Waals surface area (Å²) in [6.45, 7) is 1.84. The molecule has 5 rings (SSSR count). The largest absolute Gasteiger partial charge is 0.379 e. The van der Waals surface area contributed by atoms with Crippen LogP contribution in [0.2, 0.25) is 0 Å². The van der Waals surface area contributed by atoms with Crippen LogP contribution in [0.5, 0.6) is 0 Å². The molecule has 0 spiro atoms. The molecule has 0 aliphatic carbocycles. The fraction of sp³-hybridized carbons (Fsp3) is 0.400. The smallest absolute Gasteiger partial charge is 0.241 e. The Morgan fingerprint density at radius 1 is 1.23 bits per heavy atom. The zero-order valence-corrected chi connectivity index (χ0v) is 18.4. The highest BCUT2D eigenvalue weighted by atomic mass is 32.2. The predicted octanol–water partition coefficient (Wildman–Crippen LogP) is 1.39. The van der Waals surface area contributed by atoms with Gasteiger partial charge in [0.2, 0.25) is 15.9 Å². The standard InChI is InChI=1S/C20H23N5O4S2/c26-19(17-11-16(12-21-17)31(27,28)25-5-8-29-9-6-25)22-15-3-1-14(2-4-15)18-13-24-7-10-30-20(24)23-18/h1-4,7,10,13,16-17,21H,5-6,8-9,11-12H2,(H,22,26). The van der Waals surface area contributed by atoms with Crippen LogP contribution in [-0.2, 0) is 19.6 Å². The number of hydrogen-bond acceptors (Lipinski definition) is 7. The number of morpholine rings is 1. The number of fused-ring (bicyclic) bond motifs is 1. The van der Waals surface area contributed by atoms with Gasteiger partial charge in [0, 0.05) is 48.7 Å². The maximum absolute atomic E-state index is 12.8. The predicted molar refractivity (Wildman–Crippen MR) is 119 cm³/mol. The lowest BCUT2D eigenvalue weighted by Crippen LogP contribution is -2.45. The van der Waals surface area contributed by atoms with Gasteiger partial charge >= 0.3 is 0 Å². The summed E-state index contributed by atoms with van der Waals surface area (Å²) in [6, 6.07) is 6.95. The van der Waals surface area contributed by atoms with Crippen molar-refractivity contribution in [3.63, 3.8) is 0 Å². The number of aromatic nitrogens is 2. The normalized spacial score (nSPS) is 22.7. The lowest BCUT2D eigenvalue weighted by molar-refractivity contribution is -0.117. The highest BCUT2D eigenvalue weighted by Crippen LogP contribution is 2.24. The van der Waals surface area contributed by atoms with Crippen molar-refractivity contribution >= 4 is 37.9 Å². The van der Waals surface area contributed by atoms with Crippen molar-refractivity contribution in [3.8, 4) is 11.3 Å². The van der Waals surface area contributed by atoms with E-state index in [-0.39, 0.29) is 18.9 Å². The Labute approximate surface area is 184 Å². The van der Waals surface area contributed by atoms with Crippen LogP contribution in [0.3, 0.4) is 0 Å². The fourth-order valence-electron chi connectivity index (χ4n) is 3.96. The minimum absolute atomic E-state index is 0.227. The number of anilines is 1. The third-order valence-corrected chi connectivity index (χ3v) is 8.76. The molecule has 1 aromatic carbocycles. The number of benzene rings is 1. The maximum atomic E-state index is 12.8. The van der Waals surface area contributed by atoms with Crippen molar-refractivity contribution in [2.75, 3.05) is 38.2 Å². The van der Waals surface area contributed by atoms with Crippen molar-refractivity contribution in [3.05, 3.63) is 42.0 Å². The Morgan fingerprint density at radius 2 is 2.00 bits per heavy atom. The number of imidazole rings is 1. The van der Waals surface area contributed by atoms with E-state index in [1.54, 1.807) is 11.3 Å². The van der Waals surface area contributed by atoms with Crippen LogP contribution in [0.4, 0.5) is 5.69 Å². The van der Waals surface area contributed by atoms with Crippen LogP contribution in [0.25, 0.3) is 16.2 Å². The zero-order chi connectivity index (χ0) is 21.4. The van der Waals surface area contributed by atoms with Crippen molar-refractivity contribution in [1.29, 1.82) is 0 Å². The first-order chi connectivity index (χ1) is 15.0. The van der Waals surface area contributed by atoms with Gasteiger partial charge in [0.15, 0.2) is 4.96 Å². The SMILES string of the molecule is O=C(Nc1ccc(-c2cn3ccsc3n2)cc1)C1CC(S(=O)(=O)N2CCOCC2)CN1. The van der Waals surface area contributed by atoms with E-state index < -0.39 is 21.3 Å². The first-order valence-electron chi connectivity index (χ1n) is 10.1. The number of sulfonamides is 1. The van der Waals surface area contributed by atoms with Gasteiger partial charge in [0.05, 0.1) is 30.2 Å². The van der Waals surface area contributed by atoms with Gasteiger partial charge in [-0.25, -0.2) is 13.4 Å². The van der Waals surface area contributed by atoms with Crippen LogP contribution >= 0.6 is 11.3 Å². The van der Waals surface area contributed by atoms with E-state index in [1.165, 1.54) is 4.31 Å². The van der Waals surface area contributed by atoms with Crippen LogP contribution < -0.4 is 10.6 Å². The monoisotopic (exact) mass is 461 g/mol. The summed E-state index contributed by atoms with van der Waals surface area (Å²) in [6.07, 6.45) is 4.19. The highest BCUT2D eigenvalue weighted by Gasteiger charge is 2.40. The third kappa shape index (κ3) is 4.11. The molecule has 2 N–H and O–H groups in total. The summed E-state index contributed by atoms with van der Waals surface area (Å²) in [7, 11) is -3.44. The van der Waals surface area contributed by atoms with Crippen molar-refractivity contribution in [2.24, 2.45) is 0 Å². The number of hydrogen-bond donors (Lipinski definition) is 2. The molecule has 164 valence electrons. The van der Waals surface area contributed by atoms with Crippen LogP contribution in [0, 0.1) is 0 Å². The quantitative estimate of drug-likeness (QED) is 0.595. The van der Waals surface area contributed by atoms with E-state index in [9.17, 15) is 13.2 Å².